The Balaban J connectivity index is 0.00000456. The zero-order valence-electron chi connectivity index (χ0n) is 20.4. The smallest absolute Gasteiger partial charge is 0.339 e. The van der Waals surface area contributed by atoms with Crippen LogP contribution in [-0.4, -0.2) is 81.0 Å². The highest BCUT2D eigenvalue weighted by molar-refractivity contribution is 8.03. The number of alkyl halides is 3. The zero-order valence-corrected chi connectivity index (χ0v) is 22.9. The molecule has 1 unspecified atom stereocenters. The number of halogens is 4. The fraction of sp³-hybridized carbons (Fsp3) is 0.682. The third kappa shape index (κ3) is 6.91. The second-order valence-electron chi connectivity index (χ2n) is 9.39. The lowest BCUT2D eigenvalue weighted by molar-refractivity contribution is -0.137. The molecule has 0 radical (unpaired) electrons. The first-order valence-electron chi connectivity index (χ1n) is 11.5. The van der Waals surface area contributed by atoms with Gasteiger partial charge in [-0.2, -0.15) is 13.2 Å². The number of carbonyl (C=O) groups is 1. The number of hydrogen-bond donors (Lipinski definition) is 0. The summed E-state index contributed by atoms with van der Waals surface area (Å²) in [5, 5.41) is 0. The first-order valence-corrected chi connectivity index (χ1v) is 15.2. The molecule has 1 aliphatic carbocycles. The van der Waals surface area contributed by atoms with Gasteiger partial charge in [-0.15, -0.1) is 12.4 Å². The molecule has 3 rings (SSSR count). The molecule has 8 nitrogen and oxygen atoms in total. The Bertz CT molecular complexity index is 1090. The van der Waals surface area contributed by atoms with Gasteiger partial charge in [0.05, 0.1) is 18.1 Å². The maximum Gasteiger partial charge on any atom is 0.416 e. The predicted octanol–water partition coefficient (Wildman–Crippen LogP) is 3.25. The molecule has 3 atom stereocenters. The average Bonchev–Trinajstić information content (AvgIpc) is 3.29. The molecular weight excluding hydrogens is 543 g/mol. The molecule has 1 saturated heterocycles. The van der Waals surface area contributed by atoms with Crippen LogP contribution >= 0.6 is 12.4 Å². The maximum absolute atomic E-state index is 13.8. The lowest BCUT2D eigenvalue weighted by Crippen LogP contribution is -2.56. The van der Waals surface area contributed by atoms with Crippen molar-refractivity contribution >= 4 is 38.4 Å². The predicted molar refractivity (Wildman–Crippen MR) is 133 cm³/mol. The van der Waals surface area contributed by atoms with Gasteiger partial charge < -0.3 is 4.90 Å². The Morgan fingerprint density at radius 1 is 0.944 bits per heavy atom. The summed E-state index contributed by atoms with van der Waals surface area (Å²) in [5.74, 6) is -0.795. The van der Waals surface area contributed by atoms with E-state index in [4.69, 9.17) is 0 Å². The highest BCUT2D eigenvalue weighted by atomic mass is 35.5. The Morgan fingerprint density at radius 2 is 1.44 bits per heavy atom. The minimum Gasteiger partial charge on any atom is -0.339 e. The molecule has 1 saturated carbocycles. The van der Waals surface area contributed by atoms with E-state index in [1.165, 1.54) is 11.9 Å². The van der Waals surface area contributed by atoms with Gasteiger partial charge in [0.15, 0.2) is 0 Å². The van der Waals surface area contributed by atoms with Crippen LogP contribution in [0.4, 0.5) is 13.2 Å². The molecule has 0 N–H and O–H groups in total. The molecule has 2 aliphatic rings. The summed E-state index contributed by atoms with van der Waals surface area (Å²) >= 11 is 0. The van der Waals surface area contributed by atoms with Crippen LogP contribution in [0.15, 0.2) is 24.3 Å². The highest BCUT2D eigenvalue weighted by Gasteiger charge is 2.45. The Morgan fingerprint density at radius 3 is 1.92 bits per heavy atom. The van der Waals surface area contributed by atoms with Crippen molar-refractivity contribution in [3.8, 4) is 0 Å². The number of likely N-dealkylation sites (tertiary alicyclic amines) is 1. The number of likely N-dealkylation sites (N-methyl/N-ethyl adjacent to an activating group) is 1. The molecule has 14 heteroatoms. The minimum atomic E-state index is -4.65. The van der Waals surface area contributed by atoms with Gasteiger partial charge in [0.2, 0.25) is 26.0 Å². The van der Waals surface area contributed by atoms with Crippen LogP contribution in [0.2, 0.25) is 0 Å². The van der Waals surface area contributed by atoms with Crippen LogP contribution in [0, 0.1) is 0 Å². The van der Waals surface area contributed by atoms with E-state index in [9.17, 15) is 34.8 Å². The molecule has 1 amide bonds. The second-order valence-corrected chi connectivity index (χ2v) is 13.3. The third-order valence-corrected chi connectivity index (χ3v) is 10.2. The molecule has 1 aliphatic heterocycles. The van der Waals surface area contributed by atoms with Crippen molar-refractivity contribution in [1.29, 1.82) is 0 Å². The number of hydrogen-bond acceptors (Lipinski definition) is 6. The number of rotatable bonds is 7. The SMILES string of the molecule is CN(C(=O)C(c1ccc(C(F)(F)F)cc1)N(S(C)(=O)=O)S(C)(=O)=O)[C@@H]1CCCC[C@H]1N1CCCC1.Cl. The summed E-state index contributed by atoms with van der Waals surface area (Å²) in [6.07, 6.45) is 2.14. The van der Waals surface area contributed by atoms with Gasteiger partial charge in [0, 0.05) is 19.1 Å². The Hall–Kier alpha value is -1.41. The minimum absolute atomic E-state index is 0. The first kappa shape index (κ1) is 30.8. The summed E-state index contributed by atoms with van der Waals surface area (Å²) in [6.45, 7) is 1.79. The van der Waals surface area contributed by atoms with E-state index in [1.54, 1.807) is 0 Å². The van der Waals surface area contributed by atoms with Crippen LogP contribution < -0.4 is 0 Å². The van der Waals surface area contributed by atoms with Crippen molar-refractivity contribution in [2.45, 2.75) is 62.8 Å². The number of nitrogens with zero attached hydrogens (tertiary/aromatic N) is 3. The van der Waals surface area contributed by atoms with E-state index in [1.807, 2.05) is 0 Å². The topological polar surface area (TPSA) is 95.1 Å². The summed E-state index contributed by atoms with van der Waals surface area (Å²) < 4.78 is 89.7. The van der Waals surface area contributed by atoms with Crippen molar-refractivity contribution in [2.24, 2.45) is 0 Å². The van der Waals surface area contributed by atoms with Gasteiger partial charge in [0.1, 0.15) is 6.04 Å². The first-order chi connectivity index (χ1) is 16.1. The van der Waals surface area contributed by atoms with E-state index in [0.29, 0.717) is 31.1 Å². The monoisotopic (exact) mass is 575 g/mol. The molecule has 206 valence electrons. The fourth-order valence-electron chi connectivity index (χ4n) is 5.24. The second kappa shape index (κ2) is 11.5. The van der Waals surface area contributed by atoms with Crippen molar-refractivity contribution in [2.75, 3.05) is 32.6 Å². The van der Waals surface area contributed by atoms with Crippen molar-refractivity contribution in [3.63, 3.8) is 0 Å². The largest absolute Gasteiger partial charge is 0.416 e. The van der Waals surface area contributed by atoms with Gasteiger partial charge in [0.25, 0.3) is 0 Å². The molecular formula is C22H33ClF3N3O5S2. The summed E-state index contributed by atoms with van der Waals surface area (Å²) in [6, 6.07) is 1.28. The maximum atomic E-state index is 13.8. The van der Waals surface area contributed by atoms with Crippen LogP contribution in [-0.2, 0) is 31.0 Å². The standard InChI is InChI=1S/C22H32F3N3O5S2.ClH/c1-26(18-8-4-5-9-19(18)27-14-6-7-15-27)21(29)20(28(34(2,30)31)35(3,32)33)16-10-12-17(13-11-16)22(23,24)25;/h10-13,18-20H,4-9,14-15H2,1-3H3;1H/t18-,19-,20?;/m1./s1. The van der Waals surface area contributed by atoms with E-state index in [0.717, 1.165) is 57.3 Å². The highest BCUT2D eigenvalue weighted by Crippen LogP contribution is 2.35. The molecule has 36 heavy (non-hydrogen) atoms. The van der Waals surface area contributed by atoms with Crippen molar-refractivity contribution in [1.82, 2.24) is 13.5 Å². The molecule has 2 fully saturated rings. The summed E-state index contributed by atoms with van der Waals surface area (Å²) in [7, 11) is -7.45. The number of benzene rings is 1. The summed E-state index contributed by atoms with van der Waals surface area (Å²) in [5.41, 5.74) is -1.15. The quantitative estimate of drug-likeness (QED) is 0.495. The molecule has 1 heterocycles. The fourth-order valence-corrected chi connectivity index (χ4v) is 8.39. The lowest BCUT2D eigenvalue weighted by Gasteiger charge is -2.44. The van der Waals surface area contributed by atoms with Gasteiger partial charge in [-0.1, -0.05) is 28.7 Å². The van der Waals surface area contributed by atoms with Gasteiger partial charge in [-0.25, -0.2) is 16.8 Å². The van der Waals surface area contributed by atoms with Gasteiger partial charge >= 0.3 is 6.18 Å². The van der Waals surface area contributed by atoms with Gasteiger partial charge in [-0.05, 0) is 56.5 Å². The van der Waals surface area contributed by atoms with Gasteiger partial charge in [-0.3, -0.25) is 9.69 Å². The molecule has 1 aromatic rings. The third-order valence-electron chi connectivity index (χ3n) is 6.80. The van der Waals surface area contributed by atoms with Crippen molar-refractivity contribution < 1.29 is 34.8 Å². The molecule has 0 aromatic heterocycles. The lowest BCUT2D eigenvalue weighted by atomic mass is 9.87. The van der Waals surface area contributed by atoms with E-state index in [2.05, 4.69) is 4.90 Å². The molecule has 0 bridgehead atoms. The normalized spacial score (nSPS) is 22.8. The number of amides is 1. The Kier molecular flexibility index (Phi) is 9.88. The number of sulfonamides is 2. The molecule has 1 aromatic carbocycles. The zero-order chi connectivity index (χ0) is 26.2. The van der Waals surface area contributed by atoms with Crippen LogP contribution in [0.5, 0.6) is 0 Å². The van der Waals surface area contributed by atoms with E-state index < -0.39 is 43.7 Å². The number of carbonyl (C=O) groups excluding carboxylic acids is 1. The average molecular weight is 576 g/mol. The van der Waals surface area contributed by atoms with E-state index in [-0.39, 0.29) is 33.8 Å². The molecule has 0 spiro atoms. The van der Waals surface area contributed by atoms with Crippen LogP contribution in [0.25, 0.3) is 0 Å². The Labute approximate surface area is 217 Å². The van der Waals surface area contributed by atoms with E-state index >= 15 is 0 Å². The van der Waals surface area contributed by atoms with Crippen molar-refractivity contribution in [3.05, 3.63) is 35.4 Å². The van der Waals surface area contributed by atoms with Crippen LogP contribution in [0.1, 0.15) is 55.7 Å². The summed E-state index contributed by atoms with van der Waals surface area (Å²) in [4.78, 5) is 17.5. The van der Waals surface area contributed by atoms with Crippen LogP contribution in [0.3, 0.4) is 0 Å².